The van der Waals surface area contributed by atoms with Gasteiger partial charge in [0, 0.05) is 45.3 Å². The summed E-state index contributed by atoms with van der Waals surface area (Å²) in [6.45, 7) is 3.01. The molecule has 2 amide bonds. The number of hydrogen-bond acceptors (Lipinski definition) is 4. The Morgan fingerprint density at radius 3 is 2.52 bits per heavy atom. The molecule has 2 aliphatic heterocycles. The first kappa shape index (κ1) is 21.0. The molecule has 158 valence electrons. The minimum Gasteiger partial charge on any atom is -0.481 e. The lowest BCUT2D eigenvalue weighted by Crippen LogP contribution is -2.49. The highest BCUT2D eigenvalue weighted by molar-refractivity contribution is 5.77. The van der Waals surface area contributed by atoms with E-state index in [-0.39, 0.29) is 31.2 Å². The lowest BCUT2D eigenvalue weighted by atomic mass is 9.90. The van der Waals surface area contributed by atoms with Crippen molar-refractivity contribution in [1.82, 2.24) is 9.80 Å². The molecule has 7 nitrogen and oxygen atoms in total. The summed E-state index contributed by atoms with van der Waals surface area (Å²) in [6.07, 6.45) is 0.559. The standard InChI is InChI=1S/C20H24F2N2O5/c1-13(9-18(26)27)8-17(25)23-6-4-20(5-7-23)12-24(19(28)29-20)11-14-2-3-15(21)16(22)10-14/h2-3,10,13H,4-9,11-12H2,1H3,(H,26,27). The third-order valence-electron chi connectivity index (χ3n) is 5.47. The summed E-state index contributed by atoms with van der Waals surface area (Å²) in [5.41, 5.74) is -0.225. The van der Waals surface area contributed by atoms with E-state index in [0.29, 0.717) is 38.0 Å². The molecular weight excluding hydrogens is 386 g/mol. The monoisotopic (exact) mass is 410 g/mol. The average molecular weight is 410 g/mol. The molecule has 0 aliphatic carbocycles. The zero-order chi connectivity index (χ0) is 21.2. The maximum atomic E-state index is 13.4. The molecular formula is C20H24F2N2O5. The third-order valence-corrected chi connectivity index (χ3v) is 5.47. The molecule has 1 atom stereocenters. The predicted octanol–water partition coefficient (Wildman–Crippen LogP) is 2.78. The van der Waals surface area contributed by atoms with Crippen molar-refractivity contribution in [2.75, 3.05) is 19.6 Å². The van der Waals surface area contributed by atoms with Crippen LogP contribution in [0.4, 0.5) is 13.6 Å². The predicted molar refractivity (Wildman–Crippen MR) is 97.8 cm³/mol. The van der Waals surface area contributed by atoms with Crippen LogP contribution in [-0.2, 0) is 20.9 Å². The second kappa shape index (κ2) is 8.34. The lowest BCUT2D eigenvalue weighted by Gasteiger charge is -2.37. The number of nitrogens with zero attached hydrogens (tertiary/aromatic N) is 2. The highest BCUT2D eigenvalue weighted by atomic mass is 19.2. The van der Waals surface area contributed by atoms with Crippen molar-refractivity contribution in [3.05, 3.63) is 35.4 Å². The third kappa shape index (κ3) is 5.02. The van der Waals surface area contributed by atoms with Crippen LogP contribution >= 0.6 is 0 Å². The Balaban J connectivity index is 1.54. The van der Waals surface area contributed by atoms with E-state index >= 15 is 0 Å². The number of hydrogen-bond donors (Lipinski definition) is 1. The van der Waals surface area contributed by atoms with Gasteiger partial charge in [-0.25, -0.2) is 13.6 Å². The van der Waals surface area contributed by atoms with E-state index in [2.05, 4.69) is 0 Å². The molecule has 1 aromatic rings. The number of piperidine rings is 1. The molecule has 0 saturated carbocycles. The van der Waals surface area contributed by atoms with Crippen molar-refractivity contribution in [2.24, 2.45) is 5.92 Å². The van der Waals surface area contributed by atoms with Gasteiger partial charge in [0.1, 0.15) is 5.60 Å². The SMILES string of the molecule is CC(CC(=O)O)CC(=O)N1CCC2(CC1)CN(Cc1ccc(F)c(F)c1)C(=O)O2. The van der Waals surface area contributed by atoms with Crippen LogP contribution in [0.25, 0.3) is 0 Å². The Morgan fingerprint density at radius 2 is 1.90 bits per heavy atom. The molecule has 2 heterocycles. The maximum absolute atomic E-state index is 13.4. The number of carboxylic acids is 1. The van der Waals surface area contributed by atoms with Gasteiger partial charge in [-0.2, -0.15) is 0 Å². The molecule has 0 bridgehead atoms. The molecule has 1 aromatic carbocycles. The molecule has 3 rings (SSSR count). The first-order valence-electron chi connectivity index (χ1n) is 9.59. The molecule has 2 aliphatic rings. The van der Waals surface area contributed by atoms with E-state index in [1.807, 2.05) is 0 Å². The minimum absolute atomic E-state index is 0.0555. The largest absolute Gasteiger partial charge is 0.481 e. The fraction of sp³-hybridized carbons (Fsp3) is 0.550. The number of likely N-dealkylation sites (tertiary alicyclic amines) is 1. The Bertz CT molecular complexity index is 808. The molecule has 0 aromatic heterocycles. The van der Waals surface area contributed by atoms with E-state index < -0.39 is 29.3 Å². The van der Waals surface area contributed by atoms with Gasteiger partial charge in [0.05, 0.1) is 6.54 Å². The second-order valence-electron chi connectivity index (χ2n) is 7.94. The number of benzene rings is 1. The number of aliphatic carboxylic acids is 1. The van der Waals surface area contributed by atoms with E-state index in [4.69, 9.17) is 9.84 Å². The van der Waals surface area contributed by atoms with Gasteiger partial charge in [-0.1, -0.05) is 13.0 Å². The molecule has 0 radical (unpaired) electrons. The highest BCUT2D eigenvalue weighted by Crippen LogP contribution is 2.34. The zero-order valence-electron chi connectivity index (χ0n) is 16.2. The van der Waals surface area contributed by atoms with Crippen LogP contribution in [0.15, 0.2) is 18.2 Å². The molecule has 1 unspecified atom stereocenters. The number of carboxylic acid groups (broad SMARTS) is 1. The topological polar surface area (TPSA) is 87.2 Å². The maximum Gasteiger partial charge on any atom is 0.410 e. The highest BCUT2D eigenvalue weighted by Gasteiger charge is 2.47. The van der Waals surface area contributed by atoms with Gasteiger partial charge in [-0.3, -0.25) is 14.5 Å². The van der Waals surface area contributed by atoms with Gasteiger partial charge in [0.15, 0.2) is 11.6 Å². The fourth-order valence-corrected chi connectivity index (χ4v) is 3.89. The van der Waals surface area contributed by atoms with Crippen LogP contribution in [0, 0.1) is 17.6 Å². The first-order valence-corrected chi connectivity index (χ1v) is 9.59. The van der Waals surface area contributed by atoms with E-state index in [1.54, 1.807) is 11.8 Å². The second-order valence-corrected chi connectivity index (χ2v) is 7.94. The van der Waals surface area contributed by atoms with Crippen LogP contribution in [0.1, 0.15) is 38.2 Å². The Labute approximate surface area is 167 Å². The lowest BCUT2D eigenvalue weighted by molar-refractivity contribution is -0.139. The Kier molecular flexibility index (Phi) is 6.04. The molecule has 29 heavy (non-hydrogen) atoms. The quantitative estimate of drug-likeness (QED) is 0.779. The van der Waals surface area contributed by atoms with Crippen LogP contribution in [-0.4, -0.2) is 58.1 Å². The number of carbonyl (C=O) groups is 3. The van der Waals surface area contributed by atoms with Crippen LogP contribution < -0.4 is 0 Å². The van der Waals surface area contributed by atoms with E-state index in [1.165, 1.54) is 11.0 Å². The van der Waals surface area contributed by atoms with Gasteiger partial charge in [0.2, 0.25) is 5.91 Å². The van der Waals surface area contributed by atoms with Crippen molar-refractivity contribution in [1.29, 1.82) is 0 Å². The number of ether oxygens (including phenoxy) is 1. The van der Waals surface area contributed by atoms with Gasteiger partial charge in [0.25, 0.3) is 0 Å². The van der Waals surface area contributed by atoms with Crippen molar-refractivity contribution in [3.63, 3.8) is 0 Å². The Morgan fingerprint density at radius 1 is 1.21 bits per heavy atom. The summed E-state index contributed by atoms with van der Waals surface area (Å²) in [6, 6.07) is 3.51. The van der Waals surface area contributed by atoms with E-state index in [9.17, 15) is 23.2 Å². The number of halogens is 2. The van der Waals surface area contributed by atoms with Crippen LogP contribution in [0.2, 0.25) is 0 Å². The average Bonchev–Trinajstić information content (AvgIpc) is 2.92. The summed E-state index contributed by atoms with van der Waals surface area (Å²) in [5.74, 6) is -3.18. The summed E-state index contributed by atoms with van der Waals surface area (Å²) >= 11 is 0. The normalized spacial score (nSPS) is 19.3. The first-order chi connectivity index (χ1) is 13.7. The van der Waals surface area contributed by atoms with Gasteiger partial charge < -0.3 is 14.7 Å². The smallest absolute Gasteiger partial charge is 0.410 e. The minimum atomic E-state index is -0.964. The summed E-state index contributed by atoms with van der Waals surface area (Å²) in [4.78, 5) is 38.5. The van der Waals surface area contributed by atoms with E-state index in [0.717, 1.165) is 12.1 Å². The van der Waals surface area contributed by atoms with Crippen molar-refractivity contribution < 1.29 is 33.0 Å². The number of carbonyl (C=O) groups excluding carboxylic acids is 2. The molecule has 1 spiro atoms. The molecule has 9 heteroatoms. The summed E-state index contributed by atoms with van der Waals surface area (Å²) in [5, 5.41) is 8.81. The van der Waals surface area contributed by atoms with Crippen LogP contribution in [0.3, 0.4) is 0 Å². The van der Waals surface area contributed by atoms with Crippen LogP contribution in [0.5, 0.6) is 0 Å². The fourth-order valence-electron chi connectivity index (χ4n) is 3.89. The van der Waals surface area contributed by atoms with Gasteiger partial charge in [-0.15, -0.1) is 0 Å². The number of rotatable bonds is 6. The summed E-state index contributed by atoms with van der Waals surface area (Å²) in [7, 11) is 0. The Hall–Kier alpha value is -2.71. The van der Waals surface area contributed by atoms with Gasteiger partial charge in [-0.05, 0) is 23.6 Å². The molecule has 1 N–H and O–H groups in total. The van der Waals surface area contributed by atoms with Crippen molar-refractivity contribution >= 4 is 18.0 Å². The number of amides is 2. The zero-order valence-corrected chi connectivity index (χ0v) is 16.2. The van der Waals surface area contributed by atoms with Crippen molar-refractivity contribution in [2.45, 2.75) is 44.8 Å². The summed E-state index contributed by atoms with van der Waals surface area (Å²) < 4.78 is 32.1. The molecule has 2 fully saturated rings. The molecule has 2 saturated heterocycles. The van der Waals surface area contributed by atoms with Gasteiger partial charge >= 0.3 is 12.1 Å². The van der Waals surface area contributed by atoms with Crippen molar-refractivity contribution in [3.8, 4) is 0 Å².